The number of fused-ring (bicyclic) bond motifs is 13. The number of nitrogens with zero attached hydrogens (tertiary/aromatic N) is 4. The molecule has 562 valence electrons. The van der Waals surface area contributed by atoms with Gasteiger partial charge >= 0.3 is 0 Å². The van der Waals surface area contributed by atoms with Crippen molar-refractivity contribution in [2.45, 2.75) is 157 Å². The van der Waals surface area contributed by atoms with Gasteiger partial charge in [-0.25, -0.2) is 0 Å². The number of anilines is 6. The summed E-state index contributed by atoms with van der Waals surface area (Å²) in [6.45, 7) is 40.7. The minimum atomic E-state index is -0.457. The van der Waals surface area contributed by atoms with Crippen LogP contribution in [0.5, 0.6) is 0 Å². The predicted octanol–water partition coefficient (Wildman–Crippen LogP) is 28.3. The van der Waals surface area contributed by atoms with E-state index in [1.807, 2.05) is 0 Å². The van der Waals surface area contributed by atoms with Crippen molar-refractivity contribution in [2.24, 2.45) is 0 Å². The number of furan rings is 1. The van der Waals surface area contributed by atoms with Crippen LogP contribution in [-0.4, -0.2) is 15.8 Å². The van der Waals surface area contributed by atoms with Crippen molar-refractivity contribution in [3.8, 4) is 55.9 Å². The molecule has 0 atom stereocenters. The summed E-state index contributed by atoms with van der Waals surface area (Å²) in [4.78, 5) is 4.81. The molecule has 0 fully saturated rings. The van der Waals surface area contributed by atoms with Crippen LogP contribution in [0.4, 0.5) is 34.1 Å². The lowest BCUT2D eigenvalue weighted by atomic mass is 9.33. The Hall–Kier alpha value is -11.9. The largest absolute Gasteiger partial charge is 0.452 e. The lowest BCUT2D eigenvalue weighted by Gasteiger charge is -2.44. The van der Waals surface area contributed by atoms with E-state index in [-0.39, 0.29) is 50.1 Å². The first kappa shape index (κ1) is 66.7. The van der Waals surface area contributed by atoms with Crippen molar-refractivity contribution in [2.75, 3.05) is 9.80 Å². The molecule has 0 bridgehead atoms. The topological polar surface area (TPSA) is 29.5 Å². The molecule has 2 aliphatic rings. The summed E-state index contributed by atoms with van der Waals surface area (Å²) in [6.07, 6.45) is 0. The number of benzene rings is 14. The van der Waals surface area contributed by atoms with Gasteiger partial charge < -0.3 is 23.4 Å². The van der Waals surface area contributed by atoms with Gasteiger partial charge in [0.05, 0.1) is 40.3 Å². The molecule has 14 aromatic carbocycles. The average molecular weight is 1490 g/mol. The summed E-state index contributed by atoms with van der Waals surface area (Å²) in [5.74, 6) is 0. The number of hydrogen-bond acceptors (Lipinski definition) is 3. The second-order valence-electron chi connectivity index (χ2n) is 38.4. The molecular weight excluding hydrogens is 1380 g/mol. The molecule has 0 saturated carbocycles. The molecule has 114 heavy (non-hydrogen) atoms. The molecule has 0 spiro atoms. The Labute approximate surface area is 680 Å². The highest BCUT2D eigenvalue weighted by Crippen LogP contribution is 2.53. The van der Waals surface area contributed by atoms with Gasteiger partial charge in [0.1, 0.15) is 0 Å². The second kappa shape index (κ2) is 25.8. The maximum atomic E-state index is 10.1. The van der Waals surface area contributed by atoms with Crippen molar-refractivity contribution in [3.05, 3.63) is 318 Å². The SMILES string of the molecule is [2H]c1c([2H])c([2H])c(-c2cc3c4c(c2)N(c2cccc5c2oc2c(-n6c7ccc(C(C)(C)C)cc7c7cc(C(C)(C)C)ccc76)cccc25)c2cc(-c5cc(C(C)(C)C)cc(C(C)(C)C)c5)ccc2B4c2ccc(-n4c5ccc(C(C)(C)C)cc5c5cc(C(C)(C)C)ccc54)cc2N3c2cc(-c3ccccc3)cc(-c3ccccc3)c2)c([2H])c1[2H]. The van der Waals surface area contributed by atoms with Gasteiger partial charge in [0, 0.05) is 66.4 Å². The summed E-state index contributed by atoms with van der Waals surface area (Å²) >= 11 is 0. The molecule has 0 radical (unpaired) electrons. The summed E-state index contributed by atoms with van der Waals surface area (Å²) in [7, 11) is 0. The maximum Gasteiger partial charge on any atom is 0.252 e. The van der Waals surface area contributed by atoms with Crippen molar-refractivity contribution in [1.29, 1.82) is 0 Å². The summed E-state index contributed by atoms with van der Waals surface area (Å²) in [5.41, 5.74) is 29.2. The van der Waals surface area contributed by atoms with E-state index in [0.717, 1.165) is 134 Å². The van der Waals surface area contributed by atoms with E-state index in [1.165, 1.54) is 54.9 Å². The molecule has 17 aromatic rings. The van der Waals surface area contributed by atoms with Crippen molar-refractivity contribution < 1.29 is 11.3 Å². The van der Waals surface area contributed by atoms with Crippen LogP contribution >= 0.6 is 0 Å². The molecule has 0 amide bonds. The van der Waals surface area contributed by atoms with E-state index >= 15 is 0 Å². The first-order valence-corrected chi connectivity index (χ1v) is 40.6. The minimum Gasteiger partial charge on any atom is -0.452 e. The Morgan fingerprint density at radius 2 is 0.658 bits per heavy atom. The zero-order valence-electron chi connectivity index (χ0n) is 74.0. The van der Waals surface area contributed by atoms with E-state index in [2.05, 4.69) is 398 Å². The van der Waals surface area contributed by atoms with Crippen molar-refractivity contribution in [3.63, 3.8) is 0 Å². The van der Waals surface area contributed by atoms with Crippen LogP contribution in [0.1, 0.15) is 165 Å². The molecule has 0 aliphatic carbocycles. The molecule has 5 heterocycles. The molecule has 5 nitrogen and oxygen atoms in total. The fourth-order valence-corrected chi connectivity index (χ4v) is 18.0. The van der Waals surface area contributed by atoms with Crippen LogP contribution in [-0.2, 0) is 32.5 Å². The van der Waals surface area contributed by atoms with Crippen LogP contribution < -0.4 is 26.2 Å². The molecule has 0 N–H and O–H groups in total. The van der Waals surface area contributed by atoms with E-state index in [0.29, 0.717) is 11.1 Å². The first-order chi connectivity index (χ1) is 56.4. The van der Waals surface area contributed by atoms with Crippen LogP contribution in [0.15, 0.2) is 289 Å². The zero-order chi connectivity index (χ0) is 83.5. The van der Waals surface area contributed by atoms with Crippen LogP contribution in [0.25, 0.3) is 121 Å². The number of hydrogen-bond donors (Lipinski definition) is 0. The van der Waals surface area contributed by atoms with Gasteiger partial charge in [0.2, 0.25) is 0 Å². The van der Waals surface area contributed by atoms with Crippen molar-refractivity contribution in [1.82, 2.24) is 9.13 Å². The Morgan fingerprint density at radius 3 is 1.13 bits per heavy atom. The van der Waals surface area contributed by atoms with E-state index in [1.54, 1.807) is 0 Å². The third-order valence-electron chi connectivity index (χ3n) is 24.4. The van der Waals surface area contributed by atoms with Gasteiger partial charge in [-0.15, -0.1) is 0 Å². The third-order valence-corrected chi connectivity index (χ3v) is 24.4. The quantitative estimate of drug-likeness (QED) is 0.142. The van der Waals surface area contributed by atoms with Crippen LogP contribution in [0.2, 0.25) is 0 Å². The van der Waals surface area contributed by atoms with Crippen LogP contribution in [0.3, 0.4) is 0 Å². The smallest absolute Gasteiger partial charge is 0.252 e. The van der Waals surface area contributed by atoms with Crippen molar-refractivity contribution >= 4 is 123 Å². The molecular formula is C108H101BN4O. The number of rotatable bonds is 8. The fourth-order valence-electron chi connectivity index (χ4n) is 18.0. The Kier molecular flexibility index (Phi) is 15.1. The Morgan fingerprint density at radius 1 is 0.254 bits per heavy atom. The second-order valence-corrected chi connectivity index (χ2v) is 38.4. The predicted molar refractivity (Wildman–Crippen MR) is 490 cm³/mol. The van der Waals surface area contributed by atoms with Gasteiger partial charge in [-0.2, -0.15) is 0 Å². The zero-order valence-corrected chi connectivity index (χ0v) is 69.0. The van der Waals surface area contributed by atoms with E-state index in [9.17, 15) is 5.48 Å². The van der Waals surface area contributed by atoms with Crippen LogP contribution in [0, 0.1) is 0 Å². The maximum absolute atomic E-state index is 10.1. The summed E-state index contributed by atoms with van der Waals surface area (Å²) < 4.78 is 61.1. The monoisotopic (exact) mass is 1490 g/mol. The van der Waals surface area contributed by atoms with Gasteiger partial charge in [-0.05, 0) is 236 Å². The minimum absolute atomic E-state index is 0.0962. The lowest BCUT2D eigenvalue weighted by molar-refractivity contribution is 0.569. The Balaban J connectivity index is 0.957. The summed E-state index contributed by atoms with van der Waals surface area (Å²) in [5, 5.41) is 6.60. The molecule has 0 saturated heterocycles. The number of para-hydroxylation sites is 2. The molecule has 3 aromatic heterocycles. The number of aromatic nitrogens is 2. The molecule has 6 heteroatoms. The highest BCUT2D eigenvalue weighted by molar-refractivity contribution is 7.00. The average Bonchev–Trinajstić information content (AvgIpc) is 1.19. The van der Waals surface area contributed by atoms with Gasteiger partial charge in [0.15, 0.2) is 11.2 Å². The Bertz CT molecular complexity index is 6860. The first-order valence-electron chi connectivity index (χ1n) is 43.1. The van der Waals surface area contributed by atoms with Gasteiger partial charge in [-0.1, -0.05) is 300 Å². The summed E-state index contributed by atoms with van der Waals surface area (Å²) in [6, 6.07) is 92.9. The van der Waals surface area contributed by atoms with Gasteiger partial charge in [-0.3, -0.25) is 0 Å². The normalized spacial score (nSPS) is 14.1. The molecule has 2 aliphatic heterocycles. The van der Waals surface area contributed by atoms with E-state index in [4.69, 9.17) is 5.79 Å². The third kappa shape index (κ3) is 12.0. The van der Waals surface area contributed by atoms with E-state index < -0.39 is 24.8 Å². The molecule has 19 rings (SSSR count). The standard InChI is InChI=1S/C108H101BN4O/c1-103(2,3)74-41-48-90-84(61-74)85-62-75(104(4,5)6)42-49-91(85)110(90)80-45-47-89-97(65-80)111(81-55-70(66-30-22-19-23-31-66)52-71(56-81)67-32-24-20-25-33-67)98-58-73(68-34-26-21-27-35-68)59-99-100(98)109(89)88-46-40-69(72-53-78(107(13,14)15)60-79(54-72)108(16,17)18)57-96(88)113(99)95-39-29-37-83-82-36-28-38-94(101(82)114-102(83)95)112-92-50-43-76(105(7,8)9)63-86(92)87-64-77(106(10,11)12)44-51-93(87)112/h19-65H,1-18H3/i21D,26D,27D,34D,35D. The lowest BCUT2D eigenvalue weighted by Crippen LogP contribution is -2.61. The molecule has 0 unspecified atom stereocenters. The highest BCUT2D eigenvalue weighted by atomic mass is 16.3. The fraction of sp³-hybridized carbons (Fsp3) is 0.222. The highest BCUT2D eigenvalue weighted by Gasteiger charge is 2.45. The van der Waals surface area contributed by atoms with Gasteiger partial charge in [0.25, 0.3) is 6.71 Å².